The van der Waals surface area contributed by atoms with E-state index in [1.165, 1.54) is 47.9 Å². The molecule has 0 amide bonds. The highest BCUT2D eigenvalue weighted by Crippen LogP contribution is 2.22. The smallest absolute Gasteiger partial charge is 0.0208 e. The van der Waals surface area contributed by atoms with Crippen LogP contribution < -0.4 is 5.32 Å². The molecule has 0 saturated heterocycles. The van der Waals surface area contributed by atoms with E-state index in [4.69, 9.17) is 0 Å². The molecule has 1 heteroatoms. The summed E-state index contributed by atoms with van der Waals surface area (Å²) in [5, 5.41) is 3.55. The Hall–Kier alpha value is -1.60. The molecule has 2 aromatic rings. The maximum absolute atomic E-state index is 3.55. The Balaban J connectivity index is 1.66. The average molecular weight is 265 g/mol. The largest absolute Gasteiger partial charge is 0.310 e. The first-order valence-electron chi connectivity index (χ1n) is 7.77. The quantitative estimate of drug-likeness (QED) is 0.807. The van der Waals surface area contributed by atoms with Crippen molar-refractivity contribution in [2.24, 2.45) is 0 Å². The second-order valence-electron chi connectivity index (χ2n) is 5.80. The maximum Gasteiger partial charge on any atom is 0.0208 e. The summed E-state index contributed by atoms with van der Waals surface area (Å²) < 4.78 is 0. The third-order valence-corrected chi connectivity index (χ3v) is 3.95. The van der Waals surface area contributed by atoms with Crippen LogP contribution in [0.1, 0.15) is 37.3 Å². The lowest BCUT2D eigenvalue weighted by Crippen LogP contribution is -2.14. The monoisotopic (exact) mass is 265 g/mol. The van der Waals surface area contributed by atoms with Crippen LogP contribution in [0, 0.1) is 0 Å². The van der Waals surface area contributed by atoms with Crippen molar-refractivity contribution in [3.63, 3.8) is 0 Å². The molecule has 0 radical (unpaired) electrons. The Morgan fingerprint density at radius 3 is 1.90 bits per heavy atom. The lowest BCUT2D eigenvalue weighted by atomic mass is 10.0. The van der Waals surface area contributed by atoms with Crippen LogP contribution in [0.3, 0.4) is 0 Å². The van der Waals surface area contributed by atoms with Gasteiger partial charge in [-0.2, -0.15) is 0 Å². The van der Waals surface area contributed by atoms with Crippen molar-refractivity contribution in [1.29, 1.82) is 0 Å². The molecular formula is C19H23N. The fourth-order valence-electron chi connectivity index (χ4n) is 2.52. The number of benzene rings is 2. The van der Waals surface area contributed by atoms with Crippen molar-refractivity contribution in [3.05, 3.63) is 59.7 Å². The molecule has 1 N–H and O–H groups in total. The van der Waals surface area contributed by atoms with Gasteiger partial charge in [0.25, 0.3) is 0 Å². The molecule has 0 unspecified atom stereocenters. The Morgan fingerprint density at radius 1 is 0.850 bits per heavy atom. The zero-order chi connectivity index (χ0) is 13.8. The average Bonchev–Trinajstić information content (AvgIpc) is 3.31. The predicted octanol–water partition coefficient (Wildman–Crippen LogP) is 4.56. The van der Waals surface area contributed by atoms with Gasteiger partial charge in [-0.15, -0.1) is 0 Å². The Kier molecular flexibility index (Phi) is 4.17. The zero-order valence-electron chi connectivity index (χ0n) is 12.2. The molecule has 1 saturated carbocycles. The highest BCUT2D eigenvalue weighted by Gasteiger charge is 2.19. The van der Waals surface area contributed by atoms with Gasteiger partial charge in [-0.1, -0.05) is 61.9 Å². The molecule has 3 rings (SSSR count). The van der Waals surface area contributed by atoms with Gasteiger partial charge < -0.3 is 5.32 Å². The molecule has 1 fully saturated rings. The lowest BCUT2D eigenvalue weighted by Gasteiger charge is -2.06. The van der Waals surface area contributed by atoms with Crippen molar-refractivity contribution in [2.45, 2.75) is 45.2 Å². The minimum absolute atomic E-state index is 0.779. The second kappa shape index (κ2) is 6.23. The van der Waals surface area contributed by atoms with E-state index in [-0.39, 0.29) is 0 Å². The normalized spacial score (nSPS) is 14.4. The van der Waals surface area contributed by atoms with Gasteiger partial charge in [-0.3, -0.25) is 0 Å². The second-order valence-corrected chi connectivity index (χ2v) is 5.80. The lowest BCUT2D eigenvalue weighted by molar-refractivity contribution is 0.688. The van der Waals surface area contributed by atoms with Gasteiger partial charge in [0.15, 0.2) is 0 Å². The number of hydrogen-bond acceptors (Lipinski definition) is 1. The van der Waals surface area contributed by atoms with E-state index < -0.39 is 0 Å². The summed E-state index contributed by atoms with van der Waals surface area (Å²) in [5.41, 5.74) is 5.43. The first kappa shape index (κ1) is 13.4. The molecule has 0 aromatic heterocycles. The molecule has 0 heterocycles. The molecule has 0 aliphatic heterocycles. The van der Waals surface area contributed by atoms with Gasteiger partial charge >= 0.3 is 0 Å². The number of aryl methyl sites for hydroxylation is 1. The minimum Gasteiger partial charge on any atom is -0.310 e. The molecule has 1 aliphatic carbocycles. The molecule has 2 aromatic carbocycles. The van der Waals surface area contributed by atoms with E-state index in [0.717, 1.165) is 12.6 Å². The molecule has 104 valence electrons. The van der Waals surface area contributed by atoms with Crippen LogP contribution in [0.2, 0.25) is 0 Å². The van der Waals surface area contributed by atoms with Crippen LogP contribution in [-0.2, 0) is 13.0 Å². The van der Waals surface area contributed by atoms with Crippen LogP contribution in [-0.4, -0.2) is 6.04 Å². The first-order valence-corrected chi connectivity index (χ1v) is 7.77. The fourth-order valence-corrected chi connectivity index (χ4v) is 2.52. The topological polar surface area (TPSA) is 12.0 Å². The van der Waals surface area contributed by atoms with Crippen molar-refractivity contribution in [2.75, 3.05) is 0 Å². The third kappa shape index (κ3) is 3.49. The van der Waals surface area contributed by atoms with E-state index >= 15 is 0 Å². The summed E-state index contributed by atoms with van der Waals surface area (Å²) in [4.78, 5) is 0. The molecule has 1 nitrogen and oxygen atoms in total. The Bertz CT molecular complexity index is 535. The van der Waals surface area contributed by atoms with Gasteiger partial charge in [0.05, 0.1) is 0 Å². The predicted molar refractivity (Wildman–Crippen MR) is 85.7 cm³/mol. The standard InChI is InChI=1S/C19H23N/c1-2-3-15-4-8-17(9-5-15)18-10-6-16(7-11-18)14-20-19-12-13-19/h4-11,19-20H,2-3,12-14H2,1H3. The SMILES string of the molecule is CCCc1ccc(-c2ccc(CNC3CC3)cc2)cc1. The van der Waals surface area contributed by atoms with E-state index in [9.17, 15) is 0 Å². The zero-order valence-corrected chi connectivity index (χ0v) is 12.2. The summed E-state index contributed by atoms with van der Waals surface area (Å²) in [6.45, 7) is 3.22. The third-order valence-electron chi connectivity index (χ3n) is 3.95. The van der Waals surface area contributed by atoms with Crippen LogP contribution in [0.25, 0.3) is 11.1 Å². The van der Waals surface area contributed by atoms with Crippen molar-refractivity contribution in [3.8, 4) is 11.1 Å². The van der Waals surface area contributed by atoms with E-state index in [0.29, 0.717) is 0 Å². The molecule has 0 bridgehead atoms. The van der Waals surface area contributed by atoms with Crippen LogP contribution in [0.5, 0.6) is 0 Å². The fraction of sp³-hybridized carbons (Fsp3) is 0.368. The van der Waals surface area contributed by atoms with Gasteiger partial charge in [-0.25, -0.2) is 0 Å². The number of hydrogen-bond donors (Lipinski definition) is 1. The number of nitrogens with one attached hydrogen (secondary N) is 1. The highest BCUT2D eigenvalue weighted by atomic mass is 14.9. The molecule has 0 atom stereocenters. The van der Waals surface area contributed by atoms with Crippen molar-refractivity contribution in [1.82, 2.24) is 5.32 Å². The molecular weight excluding hydrogens is 242 g/mol. The summed E-state index contributed by atoms with van der Waals surface area (Å²) in [7, 11) is 0. The van der Waals surface area contributed by atoms with E-state index in [2.05, 4.69) is 60.8 Å². The molecule has 0 spiro atoms. The van der Waals surface area contributed by atoms with E-state index in [1.54, 1.807) is 0 Å². The minimum atomic E-state index is 0.779. The van der Waals surface area contributed by atoms with Gasteiger partial charge in [0, 0.05) is 12.6 Å². The van der Waals surface area contributed by atoms with Gasteiger partial charge in [0.1, 0.15) is 0 Å². The summed E-state index contributed by atoms with van der Waals surface area (Å²) >= 11 is 0. The molecule has 1 aliphatic rings. The Morgan fingerprint density at radius 2 is 1.40 bits per heavy atom. The van der Waals surface area contributed by atoms with Gasteiger partial charge in [-0.05, 0) is 41.5 Å². The maximum atomic E-state index is 3.55. The Labute approximate surface area is 122 Å². The van der Waals surface area contributed by atoms with Crippen LogP contribution in [0.15, 0.2) is 48.5 Å². The number of rotatable bonds is 6. The van der Waals surface area contributed by atoms with Crippen LogP contribution in [0.4, 0.5) is 0 Å². The van der Waals surface area contributed by atoms with Gasteiger partial charge in [0.2, 0.25) is 0 Å². The van der Waals surface area contributed by atoms with E-state index in [1.807, 2.05) is 0 Å². The summed E-state index contributed by atoms with van der Waals surface area (Å²) in [5.74, 6) is 0. The van der Waals surface area contributed by atoms with Crippen LogP contribution >= 0.6 is 0 Å². The summed E-state index contributed by atoms with van der Waals surface area (Å²) in [6, 6.07) is 18.7. The summed E-state index contributed by atoms with van der Waals surface area (Å²) in [6.07, 6.45) is 5.08. The van der Waals surface area contributed by atoms with Crippen molar-refractivity contribution < 1.29 is 0 Å². The highest BCUT2D eigenvalue weighted by molar-refractivity contribution is 5.63. The first-order chi connectivity index (χ1) is 9.85. The van der Waals surface area contributed by atoms with Crippen molar-refractivity contribution >= 4 is 0 Å². The molecule has 20 heavy (non-hydrogen) atoms.